The SMILES string of the molecule is CC(C)=CCC[C@@]1(C)O[C@@H]2C[C@H]3[C@@H](CC[C@@H]4C(C)(C)CCC[C@@]43C)[C@]3(C)CC[C@H]1[C@@]23C. The highest BCUT2D eigenvalue weighted by Crippen LogP contribution is 2.78. The molecule has 0 radical (unpaired) electrons. The molecule has 4 aliphatic carbocycles. The lowest BCUT2D eigenvalue weighted by molar-refractivity contribution is -0.203. The van der Waals surface area contributed by atoms with Gasteiger partial charge in [0.15, 0.2) is 0 Å². The van der Waals surface area contributed by atoms with E-state index in [1.165, 1.54) is 69.8 Å². The number of hydrogen-bond donors (Lipinski definition) is 0. The van der Waals surface area contributed by atoms with Crippen molar-refractivity contribution in [1.82, 2.24) is 0 Å². The summed E-state index contributed by atoms with van der Waals surface area (Å²) in [7, 11) is 0. The van der Waals surface area contributed by atoms with Gasteiger partial charge >= 0.3 is 0 Å². The van der Waals surface area contributed by atoms with E-state index in [2.05, 4.69) is 61.5 Å². The average molecular weight is 427 g/mol. The van der Waals surface area contributed by atoms with E-state index in [1.54, 1.807) is 0 Å². The quantitative estimate of drug-likeness (QED) is 0.411. The predicted octanol–water partition coefficient (Wildman–Crippen LogP) is 8.58. The maximum Gasteiger partial charge on any atom is 0.0695 e. The molecule has 1 aliphatic heterocycles. The van der Waals surface area contributed by atoms with Gasteiger partial charge in [-0.2, -0.15) is 0 Å². The minimum absolute atomic E-state index is 0.0722. The normalized spacial score (nSPS) is 54.6. The molecule has 0 spiro atoms. The Kier molecular flexibility index (Phi) is 4.98. The second-order valence-corrected chi connectivity index (χ2v) is 14.5. The van der Waals surface area contributed by atoms with Crippen molar-refractivity contribution in [1.29, 1.82) is 0 Å². The maximum absolute atomic E-state index is 7.23. The molecule has 1 heteroatoms. The van der Waals surface area contributed by atoms with E-state index in [-0.39, 0.29) is 5.60 Å². The van der Waals surface area contributed by atoms with Crippen molar-refractivity contribution in [3.05, 3.63) is 11.6 Å². The zero-order valence-electron chi connectivity index (χ0n) is 21.9. The van der Waals surface area contributed by atoms with Crippen LogP contribution in [0.3, 0.4) is 0 Å². The molecule has 5 fully saturated rings. The summed E-state index contributed by atoms with van der Waals surface area (Å²) in [6.07, 6.45) is 16.8. The van der Waals surface area contributed by atoms with Crippen LogP contribution in [0.1, 0.15) is 120 Å². The molecule has 9 atom stereocenters. The van der Waals surface area contributed by atoms with E-state index in [0.717, 1.165) is 23.7 Å². The van der Waals surface area contributed by atoms with E-state index in [0.29, 0.717) is 27.8 Å². The Morgan fingerprint density at radius 1 is 0.871 bits per heavy atom. The lowest BCUT2D eigenvalue weighted by Gasteiger charge is -2.67. The van der Waals surface area contributed by atoms with Crippen molar-refractivity contribution >= 4 is 0 Å². The molecule has 0 amide bonds. The van der Waals surface area contributed by atoms with Crippen molar-refractivity contribution in [2.45, 2.75) is 131 Å². The first kappa shape index (κ1) is 22.5. The largest absolute Gasteiger partial charge is 0.371 e. The minimum atomic E-state index is 0.0722. The van der Waals surface area contributed by atoms with Gasteiger partial charge < -0.3 is 4.74 Å². The van der Waals surface area contributed by atoms with Crippen molar-refractivity contribution in [3.63, 3.8) is 0 Å². The van der Waals surface area contributed by atoms with E-state index in [9.17, 15) is 0 Å². The molecule has 4 saturated carbocycles. The zero-order valence-corrected chi connectivity index (χ0v) is 21.9. The Balaban J connectivity index is 1.50. The van der Waals surface area contributed by atoms with Crippen molar-refractivity contribution < 1.29 is 4.74 Å². The van der Waals surface area contributed by atoms with Gasteiger partial charge in [-0.1, -0.05) is 52.7 Å². The van der Waals surface area contributed by atoms with E-state index in [1.807, 2.05) is 0 Å². The summed E-state index contributed by atoms with van der Waals surface area (Å²) in [5.74, 6) is 3.44. The molecule has 1 saturated heterocycles. The van der Waals surface area contributed by atoms with Gasteiger partial charge in [0, 0.05) is 5.41 Å². The third kappa shape index (κ3) is 2.83. The van der Waals surface area contributed by atoms with Crippen LogP contribution >= 0.6 is 0 Å². The van der Waals surface area contributed by atoms with Gasteiger partial charge in [0.1, 0.15) is 0 Å². The summed E-state index contributed by atoms with van der Waals surface area (Å²) in [6.45, 7) is 20.2. The Morgan fingerprint density at radius 2 is 1.61 bits per heavy atom. The molecule has 0 bridgehead atoms. The molecule has 1 nitrogen and oxygen atoms in total. The summed E-state index contributed by atoms with van der Waals surface area (Å²) >= 11 is 0. The first-order valence-corrected chi connectivity index (χ1v) is 13.7. The zero-order chi connectivity index (χ0) is 22.4. The van der Waals surface area contributed by atoms with Crippen LogP contribution in [-0.2, 0) is 4.74 Å². The summed E-state index contributed by atoms with van der Waals surface area (Å²) < 4.78 is 7.23. The van der Waals surface area contributed by atoms with Gasteiger partial charge in [0.05, 0.1) is 11.7 Å². The monoisotopic (exact) mass is 426 g/mol. The van der Waals surface area contributed by atoms with Crippen LogP contribution < -0.4 is 0 Å². The van der Waals surface area contributed by atoms with Crippen LogP contribution in [0.25, 0.3) is 0 Å². The average Bonchev–Trinajstić information content (AvgIpc) is 3.07. The van der Waals surface area contributed by atoms with Gasteiger partial charge in [-0.3, -0.25) is 0 Å². The van der Waals surface area contributed by atoms with Crippen LogP contribution in [0.5, 0.6) is 0 Å². The van der Waals surface area contributed by atoms with Gasteiger partial charge in [0.25, 0.3) is 0 Å². The Bertz CT molecular complexity index is 760. The molecule has 31 heavy (non-hydrogen) atoms. The molecular formula is C30H50O. The number of fused-ring (bicyclic) bond motifs is 4. The molecule has 0 N–H and O–H groups in total. The standard InChI is InChI=1S/C30H50O/c1-20(2)11-9-17-29(7)24-14-18-28(6)21-12-13-23-26(3,4)15-10-16-27(23,5)22(21)19-25(31-29)30(24,28)8/h11,21-25H,9-10,12-19H2,1-8H3/t21-,22+,23-,24-,25-,27-,28+,29-,30+/m1/s1. The molecule has 5 aliphatic rings. The van der Waals surface area contributed by atoms with Crippen molar-refractivity contribution in [3.8, 4) is 0 Å². The molecule has 0 unspecified atom stereocenters. The highest BCUT2D eigenvalue weighted by atomic mass is 16.5. The van der Waals surface area contributed by atoms with Gasteiger partial charge in [-0.25, -0.2) is 0 Å². The first-order valence-electron chi connectivity index (χ1n) is 13.7. The van der Waals surface area contributed by atoms with E-state index in [4.69, 9.17) is 4.74 Å². The van der Waals surface area contributed by atoms with Crippen LogP contribution in [0.2, 0.25) is 0 Å². The molecule has 176 valence electrons. The molecule has 1 heterocycles. The van der Waals surface area contributed by atoms with Crippen LogP contribution in [0, 0.1) is 45.3 Å². The predicted molar refractivity (Wildman–Crippen MR) is 131 cm³/mol. The number of allylic oxidation sites excluding steroid dienone is 2. The van der Waals surface area contributed by atoms with E-state index < -0.39 is 0 Å². The minimum Gasteiger partial charge on any atom is -0.371 e. The van der Waals surface area contributed by atoms with E-state index >= 15 is 0 Å². The third-order valence-corrected chi connectivity index (χ3v) is 12.6. The maximum atomic E-state index is 7.23. The number of ether oxygens (including phenoxy) is 1. The highest BCUT2D eigenvalue weighted by molar-refractivity contribution is 5.23. The van der Waals surface area contributed by atoms with Crippen molar-refractivity contribution in [2.75, 3.05) is 0 Å². The number of hydrogen-bond acceptors (Lipinski definition) is 1. The summed E-state index contributed by atoms with van der Waals surface area (Å²) in [6, 6.07) is 0. The topological polar surface area (TPSA) is 9.23 Å². The Labute approximate surface area is 193 Å². The third-order valence-electron chi connectivity index (χ3n) is 12.6. The molecule has 0 aromatic heterocycles. The molecule has 5 rings (SSSR count). The molecule has 0 aromatic carbocycles. The molecule has 0 aromatic rings. The fourth-order valence-electron chi connectivity index (χ4n) is 11.0. The van der Waals surface area contributed by atoms with Crippen LogP contribution in [0.15, 0.2) is 11.6 Å². The summed E-state index contributed by atoms with van der Waals surface area (Å²) in [5, 5.41) is 0. The van der Waals surface area contributed by atoms with Crippen LogP contribution in [0.4, 0.5) is 0 Å². The lowest BCUT2D eigenvalue weighted by atomic mass is 9.38. The number of rotatable bonds is 3. The first-order chi connectivity index (χ1) is 14.4. The lowest BCUT2D eigenvalue weighted by Crippen LogP contribution is -2.62. The molecular weight excluding hydrogens is 376 g/mol. The second kappa shape index (κ2) is 6.86. The smallest absolute Gasteiger partial charge is 0.0695 e. The van der Waals surface area contributed by atoms with Gasteiger partial charge in [-0.15, -0.1) is 0 Å². The van der Waals surface area contributed by atoms with Crippen molar-refractivity contribution in [2.24, 2.45) is 45.3 Å². The Morgan fingerprint density at radius 3 is 2.32 bits per heavy atom. The fraction of sp³-hybridized carbons (Fsp3) is 0.933. The second-order valence-electron chi connectivity index (χ2n) is 14.5. The fourth-order valence-corrected chi connectivity index (χ4v) is 11.0. The van der Waals surface area contributed by atoms with Gasteiger partial charge in [-0.05, 0) is 118 Å². The summed E-state index contributed by atoms with van der Waals surface area (Å²) in [4.78, 5) is 0. The summed E-state index contributed by atoms with van der Waals surface area (Å²) in [5.41, 5.74) is 3.41. The van der Waals surface area contributed by atoms with Crippen LogP contribution in [-0.4, -0.2) is 11.7 Å². The highest BCUT2D eigenvalue weighted by Gasteiger charge is 2.75. The Hall–Kier alpha value is -0.300. The van der Waals surface area contributed by atoms with Gasteiger partial charge in [0.2, 0.25) is 0 Å².